The van der Waals surface area contributed by atoms with Crippen LogP contribution in [0.2, 0.25) is 0 Å². The average Bonchev–Trinajstić information content (AvgIpc) is 3.45. The maximum Gasteiger partial charge on any atom is 0.317 e. The molecule has 0 aliphatic carbocycles. The number of benzene rings is 1. The third kappa shape index (κ3) is 17.2. The molecule has 0 aliphatic heterocycles. The number of allylic oxidation sites excluding steroid dienone is 1. The topological polar surface area (TPSA) is 268 Å². The SMILES string of the molecule is CC=Cc1[nH]c(CC(N)C(=O)NOCc2ccc(CNC(=O)CN(CCN(CC(=O)O)CC(=O)O)CCN(CC(=O)O)CC(=O)O)cc2)cc1CC. The van der Waals surface area contributed by atoms with Gasteiger partial charge in [0.1, 0.15) is 0 Å². The van der Waals surface area contributed by atoms with Gasteiger partial charge in [-0.25, -0.2) is 5.48 Å². The number of carbonyl (C=O) groups excluding carboxylic acids is 2. The highest BCUT2D eigenvalue weighted by atomic mass is 16.6. The third-order valence-corrected chi connectivity index (χ3v) is 7.67. The van der Waals surface area contributed by atoms with Crippen LogP contribution in [0.3, 0.4) is 0 Å². The number of hydrogen-bond acceptors (Lipinski definition) is 11. The summed E-state index contributed by atoms with van der Waals surface area (Å²) in [5.74, 6) is -5.85. The largest absolute Gasteiger partial charge is 0.480 e. The summed E-state index contributed by atoms with van der Waals surface area (Å²) in [6.45, 7) is 1.77. The minimum atomic E-state index is -1.24. The second-order valence-electron chi connectivity index (χ2n) is 12.0. The summed E-state index contributed by atoms with van der Waals surface area (Å²) in [4.78, 5) is 82.8. The molecule has 0 radical (unpaired) electrons. The molecule has 0 saturated carbocycles. The highest BCUT2D eigenvalue weighted by molar-refractivity contribution is 5.81. The first kappa shape index (κ1) is 43.0. The molecular weight excluding hydrogens is 682 g/mol. The number of aliphatic carboxylic acids is 4. The molecule has 286 valence electrons. The Morgan fingerprint density at radius 1 is 0.808 bits per heavy atom. The van der Waals surface area contributed by atoms with Crippen molar-refractivity contribution in [3.8, 4) is 0 Å². The molecule has 0 saturated heterocycles. The van der Waals surface area contributed by atoms with E-state index in [4.69, 9.17) is 31.0 Å². The molecule has 1 aromatic heterocycles. The van der Waals surface area contributed by atoms with Gasteiger partial charge in [0.15, 0.2) is 0 Å². The molecule has 1 aromatic carbocycles. The van der Waals surface area contributed by atoms with Gasteiger partial charge in [-0.3, -0.25) is 48.3 Å². The van der Waals surface area contributed by atoms with Crippen molar-refractivity contribution in [2.75, 3.05) is 58.9 Å². The number of nitrogens with one attached hydrogen (secondary N) is 3. The zero-order chi connectivity index (χ0) is 38.6. The van der Waals surface area contributed by atoms with Crippen LogP contribution in [0, 0.1) is 0 Å². The number of carbonyl (C=O) groups is 6. The van der Waals surface area contributed by atoms with Crippen LogP contribution in [0.4, 0.5) is 0 Å². The van der Waals surface area contributed by atoms with Crippen molar-refractivity contribution in [2.45, 2.75) is 45.9 Å². The molecule has 18 heteroatoms. The first-order chi connectivity index (χ1) is 24.7. The third-order valence-electron chi connectivity index (χ3n) is 7.67. The van der Waals surface area contributed by atoms with Gasteiger partial charge in [-0.1, -0.05) is 37.3 Å². The van der Waals surface area contributed by atoms with Crippen molar-refractivity contribution in [3.63, 3.8) is 0 Å². The molecule has 1 atom stereocenters. The Morgan fingerprint density at radius 3 is 1.79 bits per heavy atom. The lowest BCUT2D eigenvalue weighted by molar-refractivity contribution is -0.143. The lowest BCUT2D eigenvalue weighted by Crippen LogP contribution is -2.47. The number of nitrogens with zero attached hydrogens (tertiary/aromatic N) is 3. The molecule has 9 N–H and O–H groups in total. The lowest BCUT2D eigenvalue weighted by Gasteiger charge is -2.28. The standard InChI is InChI=1S/C34H49N7O11/c1-3-5-28-25(4-2)14-26(37-28)15-27(35)34(51)38-52-22-24-8-6-23(7-9-24)16-36-29(42)17-39(10-12-40(18-30(43)44)19-31(45)46)11-13-41(20-32(47)48)21-33(49)50/h3,5-9,14,27,37H,4,10-13,15-22,35H2,1-2H3,(H,36,42)(H,38,51)(H,43,44)(H,45,46)(H,47,48)(H,49,50). The second kappa shape index (κ2) is 22.6. The summed E-state index contributed by atoms with van der Waals surface area (Å²) in [7, 11) is 0. The van der Waals surface area contributed by atoms with Crippen molar-refractivity contribution in [3.05, 3.63) is 64.5 Å². The molecule has 2 rings (SSSR count). The Morgan fingerprint density at radius 2 is 1.31 bits per heavy atom. The highest BCUT2D eigenvalue weighted by Crippen LogP contribution is 2.15. The van der Waals surface area contributed by atoms with Crippen molar-refractivity contribution >= 4 is 41.8 Å². The van der Waals surface area contributed by atoms with Gasteiger partial charge in [0.05, 0.1) is 45.4 Å². The number of hydrogen-bond donors (Lipinski definition) is 8. The fourth-order valence-electron chi connectivity index (χ4n) is 5.13. The molecule has 0 spiro atoms. The number of amides is 2. The number of nitrogens with two attached hydrogens (primary N) is 1. The Kier molecular flexibility index (Phi) is 18.7. The zero-order valence-electron chi connectivity index (χ0n) is 29.4. The van der Waals surface area contributed by atoms with Crippen LogP contribution < -0.4 is 16.5 Å². The summed E-state index contributed by atoms with van der Waals surface area (Å²) in [6.07, 6.45) is 5.04. The summed E-state index contributed by atoms with van der Waals surface area (Å²) >= 11 is 0. The monoisotopic (exact) mass is 731 g/mol. The molecule has 2 amide bonds. The average molecular weight is 732 g/mol. The molecule has 0 bridgehead atoms. The van der Waals surface area contributed by atoms with Crippen LogP contribution in [-0.2, 0) is 59.6 Å². The van der Waals surface area contributed by atoms with E-state index in [0.717, 1.165) is 34.5 Å². The van der Waals surface area contributed by atoms with Gasteiger partial charge in [-0.15, -0.1) is 0 Å². The van der Waals surface area contributed by atoms with E-state index in [1.165, 1.54) is 9.80 Å². The smallest absolute Gasteiger partial charge is 0.317 e. The summed E-state index contributed by atoms with van der Waals surface area (Å²) in [6, 6.07) is 8.20. The van der Waals surface area contributed by atoms with E-state index in [0.29, 0.717) is 6.42 Å². The molecule has 0 aliphatic rings. The quantitative estimate of drug-likeness (QED) is 0.0572. The van der Waals surface area contributed by atoms with Crippen molar-refractivity contribution in [1.82, 2.24) is 30.5 Å². The van der Waals surface area contributed by atoms with Gasteiger partial charge in [0, 0.05) is 50.5 Å². The van der Waals surface area contributed by atoms with E-state index in [9.17, 15) is 28.8 Å². The fraction of sp³-hybridized carbons (Fsp3) is 0.471. The first-order valence-electron chi connectivity index (χ1n) is 16.6. The van der Waals surface area contributed by atoms with E-state index in [1.807, 2.05) is 32.1 Å². The van der Waals surface area contributed by atoms with Crippen LogP contribution in [-0.4, -0.2) is 141 Å². The van der Waals surface area contributed by atoms with Crippen molar-refractivity contribution in [2.24, 2.45) is 5.73 Å². The number of aryl methyl sites for hydroxylation is 1. The van der Waals surface area contributed by atoms with Crippen LogP contribution in [0.1, 0.15) is 41.9 Å². The molecule has 0 fully saturated rings. The van der Waals surface area contributed by atoms with Crippen molar-refractivity contribution < 1.29 is 54.0 Å². The minimum Gasteiger partial charge on any atom is -0.480 e. The molecule has 2 aromatic rings. The Bertz CT molecular complexity index is 1460. The molecule has 1 heterocycles. The summed E-state index contributed by atoms with van der Waals surface area (Å²) in [5.41, 5.74) is 12.9. The molecule has 52 heavy (non-hydrogen) atoms. The Labute approximate surface area is 301 Å². The van der Waals surface area contributed by atoms with E-state index in [1.54, 1.807) is 29.2 Å². The number of aromatic amines is 1. The second-order valence-corrected chi connectivity index (χ2v) is 12.0. The number of hydroxylamine groups is 1. The number of rotatable bonds is 26. The number of aromatic nitrogens is 1. The predicted octanol–water partition coefficient (Wildman–Crippen LogP) is -0.411. The van der Waals surface area contributed by atoms with E-state index >= 15 is 0 Å². The Balaban J connectivity index is 1.91. The minimum absolute atomic E-state index is 0.0378. The lowest BCUT2D eigenvalue weighted by atomic mass is 10.1. The van der Waals surface area contributed by atoms with Crippen LogP contribution in [0.25, 0.3) is 6.08 Å². The normalized spacial score (nSPS) is 12.0. The van der Waals surface area contributed by atoms with Gasteiger partial charge in [0.2, 0.25) is 5.91 Å². The van der Waals surface area contributed by atoms with Gasteiger partial charge in [-0.05, 0) is 42.2 Å². The highest BCUT2D eigenvalue weighted by Gasteiger charge is 2.20. The number of carboxylic acid groups (broad SMARTS) is 4. The van der Waals surface area contributed by atoms with Gasteiger partial charge < -0.3 is 36.5 Å². The van der Waals surface area contributed by atoms with Gasteiger partial charge in [-0.2, -0.15) is 0 Å². The number of H-pyrrole nitrogens is 1. The van der Waals surface area contributed by atoms with Crippen LogP contribution in [0.5, 0.6) is 0 Å². The summed E-state index contributed by atoms with van der Waals surface area (Å²) in [5, 5.41) is 39.3. The van der Waals surface area contributed by atoms with Crippen LogP contribution in [0.15, 0.2) is 36.4 Å². The van der Waals surface area contributed by atoms with E-state index in [-0.39, 0.29) is 45.9 Å². The van der Waals surface area contributed by atoms with Gasteiger partial charge in [0.25, 0.3) is 5.91 Å². The van der Waals surface area contributed by atoms with Crippen molar-refractivity contribution in [1.29, 1.82) is 0 Å². The Hall–Kier alpha value is -5.14. The van der Waals surface area contributed by atoms with Crippen LogP contribution >= 0.6 is 0 Å². The molecule has 18 nitrogen and oxygen atoms in total. The maximum atomic E-state index is 12.9. The summed E-state index contributed by atoms with van der Waals surface area (Å²) < 4.78 is 0. The number of carboxylic acids is 4. The molecular formula is C34H49N7O11. The first-order valence-corrected chi connectivity index (χ1v) is 16.6. The van der Waals surface area contributed by atoms with Gasteiger partial charge >= 0.3 is 23.9 Å². The van der Waals surface area contributed by atoms with E-state index in [2.05, 4.69) is 15.8 Å². The molecule has 1 unspecified atom stereocenters. The predicted molar refractivity (Wildman–Crippen MR) is 188 cm³/mol. The zero-order valence-corrected chi connectivity index (χ0v) is 29.4. The fourth-order valence-corrected chi connectivity index (χ4v) is 5.13. The maximum absolute atomic E-state index is 12.9. The van der Waals surface area contributed by atoms with E-state index < -0.39 is 67.9 Å².